The molecule has 44 heavy (non-hydrogen) atoms. The number of amides is 3. The van der Waals surface area contributed by atoms with Crippen molar-refractivity contribution in [2.24, 2.45) is 0 Å². The Bertz CT molecular complexity index is 1340. The van der Waals surface area contributed by atoms with Crippen LogP contribution < -0.4 is 16.1 Å². The number of hydrogen-bond acceptors (Lipinski definition) is 8. The average molecular weight is 622 g/mol. The number of carbonyl (C=O) groups excluding carboxylic acids is 3. The van der Waals surface area contributed by atoms with Crippen molar-refractivity contribution in [2.45, 2.75) is 53.4 Å². The van der Waals surface area contributed by atoms with Gasteiger partial charge in [0.05, 0.1) is 5.75 Å². The van der Waals surface area contributed by atoms with Gasteiger partial charge in [-0.3, -0.25) is 19.8 Å². The highest BCUT2D eigenvalue weighted by atomic mass is 32.2. The van der Waals surface area contributed by atoms with Gasteiger partial charge in [0.15, 0.2) is 0 Å². The van der Waals surface area contributed by atoms with Crippen molar-refractivity contribution in [3.8, 4) is 6.07 Å². The molecule has 3 amide bonds. The largest absolute Gasteiger partial charge is 0.385 e. The minimum Gasteiger partial charge on any atom is -0.385 e. The van der Waals surface area contributed by atoms with Crippen LogP contribution in [0.25, 0.3) is 10.8 Å². The number of likely N-dealkylation sites (tertiary alicyclic amines) is 1. The summed E-state index contributed by atoms with van der Waals surface area (Å²) in [7, 11) is 0. The van der Waals surface area contributed by atoms with E-state index in [-0.39, 0.29) is 23.1 Å². The van der Waals surface area contributed by atoms with Gasteiger partial charge in [0.2, 0.25) is 5.91 Å². The molecule has 0 atom stereocenters. The van der Waals surface area contributed by atoms with Crippen LogP contribution in [-0.2, 0) is 9.59 Å². The Kier molecular flexibility index (Phi) is 14.5. The molecule has 0 aromatic heterocycles. The zero-order valence-electron chi connectivity index (χ0n) is 26.6. The second-order valence-corrected chi connectivity index (χ2v) is 11.7. The molecule has 0 unspecified atom stereocenters. The monoisotopic (exact) mass is 621 g/mol. The molecular formula is C33H47N7O3S. The van der Waals surface area contributed by atoms with Crippen LogP contribution in [0.1, 0.15) is 63.7 Å². The van der Waals surface area contributed by atoms with E-state index in [0.717, 1.165) is 67.6 Å². The molecule has 2 aliphatic heterocycles. The number of nitriles is 1. The molecule has 0 aliphatic carbocycles. The summed E-state index contributed by atoms with van der Waals surface area (Å²) in [6.45, 7) is 14.8. The van der Waals surface area contributed by atoms with Crippen LogP contribution in [0.3, 0.4) is 0 Å². The van der Waals surface area contributed by atoms with Crippen LogP contribution in [0.5, 0.6) is 0 Å². The maximum absolute atomic E-state index is 12.3. The van der Waals surface area contributed by atoms with Gasteiger partial charge in [-0.1, -0.05) is 37.7 Å². The Hall–Kier alpha value is -3.59. The zero-order chi connectivity index (χ0) is 31.9. The van der Waals surface area contributed by atoms with Crippen molar-refractivity contribution in [1.29, 1.82) is 5.26 Å². The molecule has 238 valence electrons. The molecule has 2 aromatic rings. The van der Waals surface area contributed by atoms with Gasteiger partial charge in [-0.15, -0.1) is 0 Å². The lowest BCUT2D eigenvalue weighted by atomic mass is 10.1. The highest BCUT2D eigenvalue weighted by molar-refractivity contribution is 8.04. The Morgan fingerprint density at radius 3 is 2.32 bits per heavy atom. The van der Waals surface area contributed by atoms with E-state index in [0.29, 0.717) is 11.6 Å². The average Bonchev–Trinajstić information content (AvgIpc) is 3.67. The fraction of sp³-hybridized carbons (Fsp3) is 0.515. The van der Waals surface area contributed by atoms with Crippen molar-refractivity contribution in [3.05, 3.63) is 52.6 Å². The number of hydrazine groups is 1. The minimum atomic E-state index is -0.435. The number of carbonyl (C=O) groups is 3. The summed E-state index contributed by atoms with van der Waals surface area (Å²) >= 11 is 1.25. The van der Waals surface area contributed by atoms with Gasteiger partial charge in [0.25, 0.3) is 11.8 Å². The fourth-order valence-electron chi connectivity index (χ4n) is 5.22. The molecule has 0 saturated carbocycles. The zero-order valence-corrected chi connectivity index (χ0v) is 27.4. The van der Waals surface area contributed by atoms with Crippen LogP contribution in [-0.4, -0.2) is 90.6 Å². The molecular weight excluding hydrogens is 574 g/mol. The summed E-state index contributed by atoms with van der Waals surface area (Å²) < 4.78 is 0. The van der Waals surface area contributed by atoms with Gasteiger partial charge in [-0.2, -0.15) is 5.26 Å². The Balaban J connectivity index is 0.000000242. The summed E-state index contributed by atoms with van der Waals surface area (Å²) in [5, 5.41) is 20.2. The lowest BCUT2D eigenvalue weighted by molar-refractivity contribution is -0.125. The van der Waals surface area contributed by atoms with Crippen LogP contribution in [0.15, 0.2) is 47.0 Å². The Morgan fingerprint density at radius 2 is 1.68 bits per heavy atom. The lowest BCUT2D eigenvalue weighted by Crippen LogP contribution is -2.44. The highest BCUT2D eigenvalue weighted by Crippen LogP contribution is 2.31. The SMILES string of the molecule is CCCN(CCC)NC(=O)/C(C#N)=C1\SCC(=O)N1CC.CCNc1ccc2cc(C(=O)NCCN3CCCC3)ccc2c1. The number of thioether (sulfide) groups is 1. The number of anilines is 1. The summed E-state index contributed by atoms with van der Waals surface area (Å²) in [6, 6.07) is 14.1. The first kappa shape index (κ1) is 34.9. The summed E-state index contributed by atoms with van der Waals surface area (Å²) in [5.74, 6) is -0.191. The quantitative estimate of drug-likeness (QED) is 0.169. The first-order chi connectivity index (χ1) is 21.3. The molecule has 0 spiro atoms. The first-order valence-corrected chi connectivity index (χ1v) is 16.7. The molecule has 0 radical (unpaired) electrons. The van der Waals surface area contributed by atoms with E-state index >= 15 is 0 Å². The third kappa shape index (κ3) is 9.97. The standard InChI is InChI=1S/C19H25N3O.C14H22N4O2S/c1-2-20-18-8-7-15-13-17(6-5-16(15)14-18)19(23)21-9-12-22-10-3-4-11-22;1-4-7-17(8-5-2)16-13(20)11(9-15)14-18(6-3)12(19)10-21-14/h5-8,13-14,20H,2-4,9-12H2,1H3,(H,21,23);4-8,10H2,1-3H3,(H,16,20)/b;14-11-. The number of rotatable bonds is 13. The number of nitrogens with zero attached hydrogens (tertiary/aromatic N) is 4. The topological polar surface area (TPSA) is 121 Å². The minimum absolute atomic E-state index is 0.0156. The Labute approximate surface area is 266 Å². The van der Waals surface area contributed by atoms with E-state index in [1.165, 1.54) is 42.6 Å². The molecule has 2 aromatic carbocycles. The fourth-order valence-corrected chi connectivity index (χ4v) is 6.31. The first-order valence-electron chi connectivity index (χ1n) is 15.8. The van der Waals surface area contributed by atoms with Gasteiger partial charge >= 0.3 is 0 Å². The van der Waals surface area contributed by atoms with Crippen LogP contribution in [0.2, 0.25) is 0 Å². The molecule has 10 nitrogen and oxygen atoms in total. The third-order valence-corrected chi connectivity index (χ3v) is 8.48. The highest BCUT2D eigenvalue weighted by Gasteiger charge is 2.31. The van der Waals surface area contributed by atoms with E-state index in [1.54, 1.807) is 0 Å². The molecule has 11 heteroatoms. The van der Waals surface area contributed by atoms with Gasteiger partial charge in [0, 0.05) is 50.5 Å². The number of nitrogens with one attached hydrogen (secondary N) is 3. The second kappa shape index (κ2) is 18.3. The van der Waals surface area contributed by atoms with Crippen molar-refractivity contribution in [2.75, 3.05) is 63.4 Å². The molecule has 3 N–H and O–H groups in total. The van der Waals surface area contributed by atoms with Gasteiger partial charge in [-0.25, -0.2) is 5.01 Å². The van der Waals surface area contributed by atoms with Crippen molar-refractivity contribution in [1.82, 2.24) is 25.6 Å². The normalized spacial score (nSPS) is 16.0. The van der Waals surface area contributed by atoms with E-state index in [2.05, 4.69) is 46.1 Å². The van der Waals surface area contributed by atoms with Crippen LogP contribution >= 0.6 is 11.8 Å². The smallest absolute Gasteiger partial charge is 0.278 e. The van der Waals surface area contributed by atoms with E-state index in [1.807, 2.05) is 50.0 Å². The van der Waals surface area contributed by atoms with Crippen molar-refractivity contribution < 1.29 is 14.4 Å². The molecule has 2 fully saturated rings. The van der Waals surface area contributed by atoms with Gasteiger partial charge in [-0.05, 0) is 87.7 Å². The summed E-state index contributed by atoms with van der Waals surface area (Å²) in [4.78, 5) is 40.2. The third-order valence-electron chi connectivity index (χ3n) is 7.39. The van der Waals surface area contributed by atoms with E-state index < -0.39 is 5.91 Å². The number of hydrogen-bond donors (Lipinski definition) is 3. The molecule has 0 bridgehead atoms. The van der Waals surface area contributed by atoms with E-state index in [9.17, 15) is 19.6 Å². The number of fused-ring (bicyclic) bond motifs is 1. The molecule has 4 rings (SSSR count). The van der Waals surface area contributed by atoms with Gasteiger partial charge < -0.3 is 20.4 Å². The predicted octanol–water partition coefficient (Wildman–Crippen LogP) is 4.57. The second-order valence-electron chi connectivity index (χ2n) is 10.8. The number of benzene rings is 2. The molecule has 2 heterocycles. The molecule has 2 aliphatic rings. The van der Waals surface area contributed by atoms with E-state index in [4.69, 9.17) is 0 Å². The lowest BCUT2D eigenvalue weighted by Gasteiger charge is -2.22. The van der Waals surface area contributed by atoms with Crippen LogP contribution in [0.4, 0.5) is 5.69 Å². The summed E-state index contributed by atoms with van der Waals surface area (Å²) in [6.07, 6.45) is 4.39. The van der Waals surface area contributed by atoms with Crippen LogP contribution in [0, 0.1) is 11.3 Å². The predicted molar refractivity (Wildman–Crippen MR) is 179 cm³/mol. The molecule has 2 saturated heterocycles. The van der Waals surface area contributed by atoms with Crippen molar-refractivity contribution in [3.63, 3.8) is 0 Å². The Morgan fingerprint density at radius 1 is 1.00 bits per heavy atom. The van der Waals surface area contributed by atoms with Gasteiger partial charge in [0.1, 0.15) is 16.7 Å². The maximum Gasteiger partial charge on any atom is 0.278 e. The maximum atomic E-state index is 12.3. The van der Waals surface area contributed by atoms with Crippen molar-refractivity contribution >= 4 is 45.9 Å². The summed E-state index contributed by atoms with van der Waals surface area (Å²) in [5.41, 5.74) is 4.63.